The molecule has 6 heteroatoms. The maximum atomic E-state index is 12.8. The average molecular weight is 250 g/mol. The molecule has 0 saturated carbocycles. The molecule has 0 aliphatic carbocycles. The molecule has 3 nitrogen and oxygen atoms in total. The van der Waals surface area contributed by atoms with Crippen molar-refractivity contribution in [2.75, 3.05) is 6.26 Å². The maximum Gasteiger partial charge on any atom is 0.270 e. The molecule has 0 bridgehead atoms. The van der Waals surface area contributed by atoms with E-state index in [1.165, 1.54) is 24.3 Å². The van der Waals surface area contributed by atoms with Gasteiger partial charge in [-0.3, -0.25) is 4.18 Å². The highest BCUT2D eigenvalue weighted by molar-refractivity contribution is 7.85. The second-order valence-electron chi connectivity index (χ2n) is 3.55. The minimum Gasteiger partial charge on any atom is -0.265 e. The maximum absolute atomic E-state index is 12.8. The molecule has 0 unspecified atom stereocenters. The SMILES string of the molecule is CC(F)(F)c1ccc(COS(C)(=O)=O)cc1. The average Bonchev–Trinajstić information content (AvgIpc) is 2.13. The first-order chi connectivity index (χ1) is 7.18. The van der Waals surface area contributed by atoms with Crippen molar-refractivity contribution in [3.63, 3.8) is 0 Å². The minimum absolute atomic E-state index is 0.115. The van der Waals surface area contributed by atoms with Crippen LogP contribution in [0, 0.1) is 0 Å². The number of rotatable bonds is 4. The molecule has 0 atom stereocenters. The summed E-state index contributed by atoms with van der Waals surface area (Å²) in [6.07, 6.45) is 0.932. The predicted molar refractivity (Wildman–Crippen MR) is 55.6 cm³/mol. The van der Waals surface area contributed by atoms with E-state index >= 15 is 0 Å². The fraction of sp³-hybridized carbons (Fsp3) is 0.400. The van der Waals surface area contributed by atoms with Gasteiger partial charge in [-0.05, 0) is 5.56 Å². The largest absolute Gasteiger partial charge is 0.270 e. The Morgan fingerprint density at radius 2 is 1.75 bits per heavy atom. The molecular formula is C10H12F2O3S. The van der Waals surface area contributed by atoms with Crippen LogP contribution in [0.4, 0.5) is 8.78 Å². The topological polar surface area (TPSA) is 43.4 Å². The first kappa shape index (κ1) is 13.1. The third-order valence-corrected chi connectivity index (χ3v) is 2.45. The lowest BCUT2D eigenvalue weighted by Crippen LogP contribution is -2.07. The van der Waals surface area contributed by atoms with E-state index in [-0.39, 0.29) is 12.2 Å². The van der Waals surface area contributed by atoms with Crippen LogP contribution in [-0.2, 0) is 26.8 Å². The molecule has 0 saturated heterocycles. The number of benzene rings is 1. The van der Waals surface area contributed by atoms with Crippen LogP contribution in [0.3, 0.4) is 0 Å². The van der Waals surface area contributed by atoms with Gasteiger partial charge in [-0.1, -0.05) is 24.3 Å². The Morgan fingerprint density at radius 3 is 2.12 bits per heavy atom. The third kappa shape index (κ3) is 4.24. The Balaban J connectivity index is 2.73. The molecule has 0 radical (unpaired) electrons. The summed E-state index contributed by atoms with van der Waals surface area (Å²) in [7, 11) is -3.51. The van der Waals surface area contributed by atoms with E-state index in [0.29, 0.717) is 5.56 Å². The normalized spacial score (nSPS) is 12.8. The van der Waals surface area contributed by atoms with Crippen molar-refractivity contribution in [2.24, 2.45) is 0 Å². The molecule has 0 amide bonds. The highest BCUT2D eigenvalue weighted by Gasteiger charge is 2.23. The molecule has 0 N–H and O–H groups in total. The van der Waals surface area contributed by atoms with Crippen molar-refractivity contribution in [1.82, 2.24) is 0 Å². The van der Waals surface area contributed by atoms with Crippen LogP contribution in [-0.4, -0.2) is 14.7 Å². The zero-order chi connectivity index (χ0) is 12.4. The first-order valence-electron chi connectivity index (χ1n) is 4.50. The number of hydrogen-bond donors (Lipinski definition) is 0. The van der Waals surface area contributed by atoms with E-state index in [4.69, 9.17) is 0 Å². The van der Waals surface area contributed by atoms with Crippen LogP contribution in [0.2, 0.25) is 0 Å². The molecule has 0 aromatic heterocycles. The van der Waals surface area contributed by atoms with Crippen LogP contribution < -0.4 is 0 Å². The highest BCUT2D eigenvalue weighted by atomic mass is 32.2. The second-order valence-corrected chi connectivity index (χ2v) is 5.20. The highest BCUT2D eigenvalue weighted by Crippen LogP contribution is 2.26. The second kappa shape index (κ2) is 4.47. The van der Waals surface area contributed by atoms with Gasteiger partial charge in [0.2, 0.25) is 0 Å². The summed E-state index contributed by atoms with van der Waals surface area (Å²) < 4.78 is 51.6. The van der Waals surface area contributed by atoms with Gasteiger partial charge in [0.15, 0.2) is 0 Å². The standard InChI is InChI=1S/C10H12F2O3S/c1-10(11,12)9-5-3-8(4-6-9)7-15-16(2,13)14/h3-6H,7H2,1-2H3. The zero-order valence-corrected chi connectivity index (χ0v) is 9.72. The predicted octanol–water partition coefficient (Wildman–Crippen LogP) is 2.27. The zero-order valence-electron chi connectivity index (χ0n) is 8.91. The fourth-order valence-electron chi connectivity index (χ4n) is 1.07. The molecule has 16 heavy (non-hydrogen) atoms. The van der Waals surface area contributed by atoms with E-state index in [1.54, 1.807) is 0 Å². The number of alkyl halides is 2. The van der Waals surface area contributed by atoms with Crippen LogP contribution >= 0.6 is 0 Å². The molecule has 0 aliphatic rings. The molecule has 90 valence electrons. The Kier molecular flexibility index (Phi) is 3.64. The lowest BCUT2D eigenvalue weighted by Gasteiger charge is -2.10. The molecular weight excluding hydrogens is 238 g/mol. The third-order valence-electron chi connectivity index (χ3n) is 1.90. The molecule has 1 aromatic carbocycles. The van der Waals surface area contributed by atoms with Crippen LogP contribution in [0.15, 0.2) is 24.3 Å². The summed E-state index contributed by atoms with van der Waals surface area (Å²) in [6, 6.07) is 5.33. The van der Waals surface area contributed by atoms with Crippen molar-refractivity contribution in [3.05, 3.63) is 35.4 Å². The van der Waals surface area contributed by atoms with Crippen molar-refractivity contribution >= 4 is 10.1 Å². The van der Waals surface area contributed by atoms with Crippen molar-refractivity contribution in [1.29, 1.82) is 0 Å². The Labute approximate surface area is 93.2 Å². The van der Waals surface area contributed by atoms with E-state index in [0.717, 1.165) is 13.2 Å². The summed E-state index contributed by atoms with van der Waals surface area (Å²) in [6.45, 7) is 0.656. The van der Waals surface area contributed by atoms with E-state index < -0.39 is 16.0 Å². The van der Waals surface area contributed by atoms with Crippen LogP contribution in [0.5, 0.6) is 0 Å². The first-order valence-corrected chi connectivity index (χ1v) is 6.32. The quantitative estimate of drug-likeness (QED) is 0.770. The Bertz CT molecular complexity index is 446. The van der Waals surface area contributed by atoms with E-state index in [1.807, 2.05) is 0 Å². The summed E-state index contributed by atoms with van der Waals surface area (Å²) in [5, 5.41) is 0. The molecule has 0 fully saturated rings. The summed E-state index contributed by atoms with van der Waals surface area (Å²) >= 11 is 0. The lowest BCUT2D eigenvalue weighted by molar-refractivity contribution is 0.0174. The van der Waals surface area contributed by atoms with Crippen molar-refractivity contribution < 1.29 is 21.4 Å². The van der Waals surface area contributed by atoms with Gasteiger partial charge in [0, 0.05) is 12.5 Å². The van der Waals surface area contributed by atoms with E-state index in [2.05, 4.69) is 4.18 Å². The van der Waals surface area contributed by atoms with Gasteiger partial charge < -0.3 is 0 Å². The summed E-state index contributed by atoms with van der Waals surface area (Å²) in [5.74, 6) is -2.89. The van der Waals surface area contributed by atoms with Crippen LogP contribution in [0.1, 0.15) is 18.1 Å². The lowest BCUT2D eigenvalue weighted by atomic mass is 10.1. The van der Waals surface area contributed by atoms with Crippen LogP contribution in [0.25, 0.3) is 0 Å². The summed E-state index contributed by atoms with van der Waals surface area (Å²) in [4.78, 5) is 0. The van der Waals surface area contributed by atoms with Gasteiger partial charge in [0.25, 0.3) is 16.0 Å². The van der Waals surface area contributed by atoms with Gasteiger partial charge in [-0.15, -0.1) is 0 Å². The molecule has 1 aromatic rings. The number of hydrogen-bond acceptors (Lipinski definition) is 3. The monoisotopic (exact) mass is 250 g/mol. The van der Waals surface area contributed by atoms with Gasteiger partial charge >= 0.3 is 0 Å². The van der Waals surface area contributed by atoms with Gasteiger partial charge in [-0.2, -0.15) is 8.42 Å². The van der Waals surface area contributed by atoms with Crippen molar-refractivity contribution in [3.8, 4) is 0 Å². The molecule has 0 heterocycles. The Morgan fingerprint density at radius 1 is 1.25 bits per heavy atom. The minimum atomic E-state index is -3.51. The van der Waals surface area contributed by atoms with Crippen molar-refractivity contribution in [2.45, 2.75) is 19.5 Å². The molecule has 0 spiro atoms. The van der Waals surface area contributed by atoms with Gasteiger partial charge in [0.1, 0.15) is 0 Å². The Hall–Kier alpha value is -1.01. The molecule has 1 rings (SSSR count). The molecule has 0 aliphatic heterocycles. The van der Waals surface area contributed by atoms with Gasteiger partial charge in [-0.25, -0.2) is 8.78 Å². The fourth-order valence-corrected chi connectivity index (χ4v) is 1.42. The van der Waals surface area contributed by atoms with Gasteiger partial charge in [0.05, 0.1) is 12.9 Å². The smallest absolute Gasteiger partial charge is 0.265 e. The van der Waals surface area contributed by atoms with E-state index in [9.17, 15) is 17.2 Å². The number of halogens is 2. The summed E-state index contributed by atoms with van der Waals surface area (Å²) in [5.41, 5.74) is 0.411.